The molecule has 2 aromatic heterocycles. The van der Waals surface area contributed by atoms with E-state index in [4.69, 9.17) is 16.3 Å². The number of phenols is 1. The topological polar surface area (TPSA) is 228 Å². The van der Waals surface area contributed by atoms with Crippen LogP contribution in [0.5, 0.6) is 11.5 Å². The number of halogens is 1. The number of aromatic nitrogens is 2. The lowest BCUT2D eigenvalue weighted by Gasteiger charge is -2.27. The Labute approximate surface area is 287 Å². The molecular formula is C36H23ClN4O10. The van der Waals surface area contributed by atoms with Gasteiger partial charge in [-0.25, -0.2) is 5.43 Å². The van der Waals surface area contributed by atoms with Crippen LogP contribution < -0.4 is 47.9 Å². The Balaban J connectivity index is 1.23. The van der Waals surface area contributed by atoms with Gasteiger partial charge in [0.1, 0.15) is 22.7 Å². The zero-order valence-corrected chi connectivity index (χ0v) is 27.0. The molecule has 2 heterocycles. The highest BCUT2D eigenvalue weighted by Crippen LogP contribution is 2.56. The second-order valence-electron chi connectivity index (χ2n) is 12.4. The molecule has 6 N–H and O–H groups in total. The third-order valence-electron chi connectivity index (χ3n) is 9.80. The third-order valence-corrected chi connectivity index (χ3v) is 10.2. The molecule has 0 saturated heterocycles. The number of rotatable bonds is 5. The number of amides is 1. The van der Waals surface area contributed by atoms with Crippen LogP contribution in [0.2, 0.25) is 5.02 Å². The Kier molecular flexibility index (Phi) is 6.83. The van der Waals surface area contributed by atoms with Gasteiger partial charge in [0.05, 0.1) is 56.7 Å². The number of hydrazone groups is 1. The maximum atomic E-state index is 13.7. The van der Waals surface area contributed by atoms with Gasteiger partial charge in [0, 0.05) is 34.1 Å². The molecule has 1 spiro atoms. The summed E-state index contributed by atoms with van der Waals surface area (Å²) >= 11 is 6.82. The number of hydrogen-bond donors (Lipinski definition) is 6. The number of pyridine rings is 1. The van der Waals surface area contributed by atoms with Gasteiger partial charge in [0.2, 0.25) is 22.2 Å². The predicted molar refractivity (Wildman–Crippen MR) is 186 cm³/mol. The molecule has 14 nitrogen and oxygen atoms in total. The third kappa shape index (κ3) is 4.19. The first-order valence-electron chi connectivity index (χ1n) is 15.4. The molecule has 254 valence electrons. The van der Waals surface area contributed by atoms with E-state index in [2.05, 4.69) is 20.5 Å². The number of para-hydroxylation sites is 1. The molecular weight excluding hydrogens is 684 g/mol. The van der Waals surface area contributed by atoms with Crippen LogP contribution in [0, 0.1) is 10.4 Å². The van der Waals surface area contributed by atoms with Gasteiger partial charge in [-0.1, -0.05) is 29.8 Å². The molecule has 4 aliphatic carbocycles. The van der Waals surface area contributed by atoms with Gasteiger partial charge in [0.15, 0.2) is 11.2 Å². The first kappa shape index (κ1) is 31.7. The van der Waals surface area contributed by atoms with Crippen molar-refractivity contribution in [2.24, 2.45) is 5.10 Å². The van der Waals surface area contributed by atoms with Crippen molar-refractivity contribution in [3.63, 3.8) is 0 Å². The molecule has 1 amide bonds. The molecule has 4 aromatic rings. The van der Waals surface area contributed by atoms with E-state index >= 15 is 0 Å². The number of aromatic amines is 2. The summed E-state index contributed by atoms with van der Waals surface area (Å²) in [5.41, 5.74) is -3.20. The summed E-state index contributed by atoms with van der Waals surface area (Å²) in [5, 5.41) is 36.5. The molecule has 51 heavy (non-hydrogen) atoms. The zero-order chi connectivity index (χ0) is 36.1. The Morgan fingerprint density at radius 1 is 0.980 bits per heavy atom. The normalized spacial score (nSPS) is 16.6. The van der Waals surface area contributed by atoms with E-state index in [0.717, 1.165) is 29.6 Å². The lowest BCUT2D eigenvalue weighted by Crippen LogP contribution is -2.51. The first-order valence-corrected chi connectivity index (χ1v) is 15.8. The standard InChI is InChI=1S/C36H23ClN4O10/c1-51-20-10-19(42)23-24(29(20)44)31(46)26-25(30(23)45)33(48)36(34(26)49)7-6-16-27(36)32(47)22-17(28(16)37)9-14(40-35(22)50)12-39-41-21(43)8-13-11-38-18-5-3-2-4-15(13)18/h2-5,9-12,38,47-49H,6-8H2,1H3,(H,40,50)(H,41,43)/t36-/m0/s1. The predicted octanol–water partition coefficient (Wildman–Crippen LogP) is 0.341. The minimum Gasteiger partial charge on any atom is -0.510 e. The fourth-order valence-corrected chi connectivity index (χ4v) is 7.88. The highest BCUT2D eigenvalue weighted by molar-refractivity contribution is 6.37. The van der Waals surface area contributed by atoms with Gasteiger partial charge in [-0.3, -0.25) is 28.8 Å². The number of hydrogen-bond acceptors (Lipinski definition) is 11. The molecule has 2 aromatic carbocycles. The van der Waals surface area contributed by atoms with Gasteiger partial charge in [-0.15, -0.1) is 0 Å². The lowest BCUT2D eigenvalue weighted by molar-refractivity contribution is -0.120. The van der Waals surface area contributed by atoms with Gasteiger partial charge in [-0.2, -0.15) is 5.10 Å². The summed E-state index contributed by atoms with van der Waals surface area (Å²) in [5.74, 6) is -3.28. The second kappa shape index (κ2) is 11.0. The monoisotopic (exact) mass is 706 g/mol. The van der Waals surface area contributed by atoms with Crippen LogP contribution >= 0.6 is 11.6 Å². The average Bonchev–Trinajstić information content (AvgIpc) is 3.77. The Morgan fingerprint density at radius 2 is 1.69 bits per heavy atom. The molecule has 1 atom stereocenters. The van der Waals surface area contributed by atoms with Crippen LogP contribution in [0.25, 0.3) is 33.2 Å². The van der Waals surface area contributed by atoms with Crippen LogP contribution in [0.4, 0.5) is 0 Å². The number of fused-ring (bicyclic) bond motifs is 5. The number of carbonyl (C=O) groups excluding carboxylic acids is 1. The van der Waals surface area contributed by atoms with Crippen LogP contribution in [0.15, 0.2) is 71.7 Å². The van der Waals surface area contributed by atoms with Gasteiger partial charge in [-0.05, 0) is 36.1 Å². The van der Waals surface area contributed by atoms with E-state index < -0.39 is 82.5 Å². The molecule has 0 fully saturated rings. The number of aromatic hydroxyl groups is 1. The molecule has 4 aliphatic rings. The van der Waals surface area contributed by atoms with Gasteiger partial charge < -0.3 is 30.0 Å². The van der Waals surface area contributed by atoms with E-state index in [-0.39, 0.29) is 51.9 Å². The van der Waals surface area contributed by atoms with E-state index in [1.54, 1.807) is 6.20 Å². The number of aliphatic hydroxyl groups is 2. The second-order valence-corrected chi connectivity index (χ2v) is 12.7. The van der Waals surface area contributed by atoms with E-state index in [0.29, 0.717) is 0 Å². The van der Waals surface area contributed by atoms with Crippen LogP contribution in [0.1, 0.15) is 28.8 Å². The molecule has 0 radical (unpaired) electrons. The highest BCUT2D eigenvalue weighted by atomic mass is 35.5. The number of aliphatic hydroxyl groups excluding tert-OH is 2. The van der Waals surface area contributed by atoms with Crippen molar-refractivity contribution >= 4 is 56.9 Å². The Morgan fingerprint density at radius 3 is 2.41 bits per heavy atom. The Hall–Kier alpha value is -6.54. The summed E-state index contributed by atoms with van der Waals surface area (Å²) in [4.78, 5) is 84.9. The molecule has 0 saturated carbocycles. The number of ether oxygens (including phenoxy) is 1. The van der Waals surface area contributed by atoms with E-state index in [1.807, 2.05) is 24.3 Å². The van der Waals surface area contributed by atoms with Crippen molar-refractivity contribution in [2.45, 2.75) is 24.7 Å². The van der Waals surface area contributed by atoms with Crippen LogP contribution in [-0.4, -0.2) is 44.5 Å². The fraction of sp³-hybridized carbons (Fsp3) is 0.139. The molecule has 8 rings (SSSR count). The van der Waals surface area contributed by atoms with E-state index in [1.165, 1.54) is 12.3 Å². The number of phenolic OH excluding ortho intramolecular Hbond substituents is 1. The quantitative estimate of drug-likeness (QED) is 0.106. The Bertz CT molecular complexity index is 3100. The first-order chi connectivity index (χ1) is 24.4. The molecule has 0 bridgehead atoms. The van der Waals surface area contributed by atoms with Crippen molar-refractivity contribution < 1.29 is 24.9 Å². The maximum Gasteiger partial charge on any atom is 0.260 e. The summed E-state index contributed by atoms with van der Waals surface area (Å²) < 4.78 is 4.90. The van der Waals surface area contributed by atoms with Crippen molar-refractivity contribution in [1.29, 1.82) is 0 Å². The molecule has 15 heteroatoms. The lowest BCUT2D eigenvalue weighted by atomic mass is 9.78. The number of nitrogens with one attached hydrogen (secondary N) is 3. The maximum absolute atomic E-state index is 13.7. The summed E-state index contributed by atoms with van der Waals surface area (Å²) in [6, 6.07) is 9.67. The molecule has 0 unspecified atom stereocenters. The summed E-state index contributed by atoms with van der Waals surface area (Å²) in [6.45, 7) is 0. The fourth-order valence-electron chi connectivity index (χ4n) is 7.55. The summed E-state index contributed by atoms with van der Waals surface area (Å²) in [7, 11) is 1.10. The number of nitrogens with zero attached hydrogens (tertiary/aromatic N) is 1. The number of benzene rings is 2. The minimum atomic E-state index is -2.10. The largest absolute Gasteiger partial charge is 0.510 e. The SMILES string of the molecule is COc1cc(=O)c2c(=O)c3c(c(=O)c=2c1=O)=C(O)[C@]1(CCc2c1c(O)c1c(=O)[nH]c(C=NNC(=O)Cc4c[nH]c5ccccc45)cc1c2Cl)C=3O. The van der Waals surface area contributed by atoms with Crippen LogP contribution in [0.3, 0.4) is 0 Å². The molecule has 0 aliphatic heterocycles. The highest BCUT2D eigenvalue weighted by Gasteiger charge is 2.53. The number of H-pyrrole nitrogens is 2. The number of methoxy groups -OCH3 is 1. The van der Waals surface area contributed by atoms with Crippen molar-refractivity contribution in [3.8, 4) is 11.5 Å². The van der Waals surface area contributed by atoms with Gasteiger partial charge >= 0.3 is 0 Å². The number of carbonyl (C=O) groups is 1. The van der Waals surface area contributed by atoms with Crippen LogP contribution in [-0.2, 0) is 23.1 Å². The van der Waals surface area contributed by atoms with Crippen molar-refractivity contribution in [2.75, 3.05) is 7.11 Å². The van der Waals surface area contributed by atoms with Crippen molar-refractivity contribution in [3.05, 3.63) is 142 Å². The summed E-state index contributed by atoms with van der Waals surface area (Å²) in [6.07, 6.45) is 2.73. The van der Waals surface area contributed by atoms with E-state index in [9.17, 15) is 44.1 Å². The minimum absolute atomic E-state index is 0.00474. The zero-order valence-electron chi connectivity index (χ0n) is 26.3. The smallest absolute Gasteiger partial charge is 0.260 e. The van der Waals surface area contributed by atoms with Crippen molar-refractivity contribution in [1.82, 2.24) is 15.4 Å². The average molecular weight is 707 g/mol. The van der Waals surface area contributed by atoms with Gasteiger partial charge in [0.25, 0.3) is 5.56 Å².